The molecule has 0 aliphatic carbocycles. The van der Waals surface area contributed by atoms with Crippen molar-refractivity contribution >= 4 is 17.4 Å². The van der Waals surface area contributed by atoms with Crippen molar-refractivity contribution < 1.29 is 0 Å². The minimum Gasteiger partial charge on any atom is -0.354 e. The molecule has 0 spiro atoms. The van der Waals surface area contributed by atoms with Crippen LogP contribution in [-0.2, 0) is 0 Å². The number of hydrogen-bond donors (Lipinski definition) is 0. The zero-order valence-corrected chi connectivity index (χ0v) is 7.46. The van der Waals surface area contributed by atoms with Crippen LogP contribution < -0.4 is 4.90 Å². The van der Waals surface area contributed by atoms with E-state index in [1.807, 2.05) is 0 Å². The predicted octanol–water partition coefficient (Wildman–Crippen LogP) is 1.73. The lowest BCUT2D eigenvalue weighted by Gasteiger charge is -2.15. The van der Waals surface area contributed by atoms with Crippen molar-refractivity contribution in [2.45, 2.75) is 12.8 Å². The van der Waals surface area contributed by atoms with E-state index >= 15 is 0 Å². The van der Waals surface area contributed by atoms with Gasteiger partial charge in [-0.3, -0.25) is 0 Å². The molecule has 1 aromatic rings. The maximum absolute atomic E-state index is 5.89. The van der Waals surface area contributed by atoms with Crippen LogP contribution in [0.3, 0.4) is 0 Å². The fourth-order valence-electron chi connectivity index (χ4n) is 1.45. The molecule has 0 atom stereocenters. The quantitative estimate of drug-likeness (QED) is 0.664. The van der Waals surface area contributed by atoms with Gasteiger partial charge in [-0.2, -0.15) is 0 Å². The third-order valence-electron chi connectivity index (χ3n) is 2.04. The van der Waals surface area contributed by atoms with Gasteiger partial charge in [0.25, 0.3) is 0 Å². The van der Waals surface area contributed by atoms with Crippen LogP contribution in [0, 0.1) is 0 Å². The molecule has 2 heterocycles. The highest BCUT2D eigenvalue weighted by atomic mass is 35.5. The molecule has 4 heteroatoms. The van der Waals surface area contributed by atoms with Crippen molar-refractivity contribution in [1.82, 2.24) is 9.97 Å². The van der Waals surface area contributed by atoms with Crippen molar-refractivity contribution in [2.24, 2.45) is 0 Å². The van der Waals surface area contributed by atoms with E-state index in [9.17, 15) is 0 Å². The normalized spacial score (nSPS) is 16.9. The molecule has 0 amide bonds. The highest BCUT2D eigenvalue weighted by Gasteiger charge is 2.16. The van der Waals surface area contributed by atoms with Crippen LogP contribution in [0.4, 0.5) is 5.82 Å². The zero-order valence-electron chi connectivity index (χ0n) is 6.70. The van der Waals surface area contributed by atoms with E-state index < -0.39 is 0 Å². The molecule has 1 aliphatic heterocycles. The van der Waals surface area contributed by atoms with E-state index in [1.165, 1.54) is 12.8 Å². The lowest BCUT2D eigenvalue weighted by Crippen LogP contribution is -2.19. The summed E-state index contributed by atoms with van der Waals surface area (Å²) in [5.41, 5.74) is 0. The average Bonchev–Trinajstić information content (AvgIpc) is 2.57. The van der Waals surface area contributed by atoms with Gasteiger partial charge in [-0.25, -0.2) is 9.97 Å². The van der Waals surface area contributed by atoms with Gasteiger partial charge in [0.1, 0.15) is 0 Å². The van der Waals surface area contributed by atoms with Gasteiger partial charge in [0.15, 0.2) is 11.0 Å². The van der Waals surface area contributed by atoms with Gasteiger partial charge in [0.05, 0.1) is 0 Å². The topological polar surface area (TPSA) is 29.0 Å². The highest BCUT2D eigenvalue weighted by Crippen LogP contribution is 2.23. The van der Waals surface area contributed by atoms with Gasteiger partial charge >= 0.3 is 0 Å². The first kappa shape index (κ1) is 7.80. The van der Waals surface area contributed by atoms with Crippen LogP contribution in [0.2, 0.25) is 5.15 Å². The Morgan fingerprint density at radius 2 is 1.83 bits per heavy atom. The van der Waals surface area contributed by atoms with Crippen molar-refractivity contribution in [1.29, 1.82) is 0 Å². The molecule has 64 valence electrons. The lowest BCUT2D eigenvalue weighted by molar-refractivity contribution is 0.927. The SMILES string of the molecule is Clc1nccnc1N1CCCC1. The molecule has 12 heavy (non-hydrogen) atoms. The van der Waals surface area contributed by atoms with Crippen molar-refractivity contribution in [3.63, 3.8) is 0 Å². The van der Waals surface area contributed by atoms with E-state index in [0.717, 1.165) is 18.9 Å². The lowest BCUT2D eigenvalue weighted by atomic mass is 10.4. The predicted molar refractivity (Wildman–Crippen MR) is 48.5 cm³/mol. The first-order valence-corrected chi connectivity index (χ1v) is 4.47. The van der Waals surface area contributed by atoms with Crippen LogP contribution in [0.25, 0.3) is 0 Å². The first-order valence-electron chi connectivity index (χ1n) is 4.09. The fraction of sp³-hybridized carbons (Fsp3) is 0.500. The van der Waals surface area contributed by atoms with E-state index in [0.29, 0.717) is 5.15 Å². The largest absolute Gasteiger partial charge is 0.354 e. The second-order valence-electron chi connectivity index (χ2n) is 2.86. The summed E-state index contributed by atoms with van der Waals surface area (Å²) >= 11 is 5.89. The Balaban J connectivity index is 2.26. The molecule has 1 aromatic heterocycles. The molecule has 0 radical (unpaired) electrons. The molecular weight excluding hydrogens is 174 g/mol. The fourth-order valence-corrected chi connectivity index (χ4v) is 1.68. The Morgan fingerprint density at radius 3 is 2.50 bits per heavy atom. The Hall–Kier alpha value is -0.830. The summed E-state index contributed by atoms with van der Waals surface area (Å²) in [6, 6.07) is 0. The maximum atomic E-state index is 5.89. The number of anilines is 1. The monoisotopic (exact) mass is 183 g/mol. The molecule has 2 rings (SSSR count). The Morgan fingerprint density at radius 1 is 1.17 bits per heavy atom. The van der Waals surface area contributed by atoms with E-state index in [2.05, 4.69) is 14.9 Å². The smallest absolute Gasteiger partial charge is 0.171 e. The van der Waals surface area contributed by atoms with Gasteiger partial charge in [-0.05, 0) is 12.8 Å². The van der Waals surface area contributed by atoms with Crippen LogP contribution in [0.15, 0.2) is 12.4 Å². The van der Waals surface area contributed by atoms with Gasteiger partial charge in [-0.1, -0.05) is 11.6 Å². The van der Waals surface area contributed by atoms with Crippen LogP contribution in [0.5, 0.6) is 0 Å². The van der Waals surface area contributed by atoms with Crippen molar-refractivity contribution in [2.75, 3.05) is 18.0 Å². The maximum Gasteiger partial charge on any atom is 0.171 e. The molecule has 1 fully saturated rings. The van der Waals surface area contributed by atoms with Gasteiger partial charge in [-0.15, -0.1) is 0 Å². The zero-order chi connectivity index (χ0) is 8.39. The number of halogens is 1. The minimum atomic E-state index is 0.513. The summed E-state index contributed by atoms with van der Waals surface area (Å²) in [5.74, 6) is 0.830. The number of nitrogens with zero attached hydrogens (tertiary/aromatic N) is 3. The molecule has 0 N–H and O–H groups in total. The minimum absolute atomic E-state index is 0.513. The summed E-state index contributed by atoms with van der Waals surface area (Å²) in [7, 11) is 0. The van der Waals surface area contributed by atoms with Gasteiger partial charge in [0.2, 0.25) is 0 Å². The average molecular weight is 184 g/mol. The van der Waals surface area contributed by atoms with Gasteiger partial charge < -0.3 is 4.90 Å². The van der Waals surface area contributed by atoms with Crippen LogP contribution >= 0.6 is 11.6 Å². The molecule has 0 saturated carbocycles. The third-order valence-corrected chi connectivity index (χ3v) is 2.31. The summed E-state index contributed by atoms with van der Waals surface area (Å²) in [6.45, 7) is 2.11. The number of aromatic nitrogens is 2. The summed E-state index contributed by atoms with van der Waals surface area (Å²) in [5, 5.41) is 0.513. The highest BCUT2D eigenvalue weighted by molar-refractivity contribution is 6.31. The second kappa shape index (κ2) is 3.27. The van der Waals surface area contributed by atoms with Crippen molar-refractivity contribution in [3.05, 3.63) is 17.5 Å². The molecule has 1 aliphatic rings. The Labute approximate surface area is 76.4 Å². The molecule has 0 unspecified atom stereocenters. The van der Waals surface area contributed by atoms with Gasteiger partial charge in [0, 0.05) is 25.5 Å². The molecule has 0 aromatic carbocycles. The van der Waals surface area contributed by atoms with E-state index in [4.69, 9.17) is 11.6 Å². The second-order valence-corrected chi connectivity index (χ2v) is 3.22. The molecule has 1 saturated heterocycles. The van der Waals surface area contributed by atoms with Crippen molar-refractivity contribution in [3.8, 4) is 0 Å². The first-order chi connectivity index (χ1) is 5.88. The molecular formula is C8H10ClN3. The number of hydrogen-bond acceptors (Lipinski definition) is 3. The molecule has 3 nitrogen and oxygen atoms in total. The van der Waals surface area contributed by atoms with E-state index in [-0.39, 0.29) is 0 Å². The van der Waals surface area contributed by atoms with Crippen LogP contribution in [0.1, 0.15) is 12.8 Å². The number of rotatable bonds is 1. The summed E-state index contributed by atoms with van der Waals surface area (Å²) in [4.78, 5) is 10.4. The Kier molecular flexibility index (Phi) is 2.13. The van der Waals surface area contributed by atoms with E-state index in [1.54, 1.807) is 12.4 Å². The Bertz CT molecular complexity index is 271. The summed E-state index contributed by atoms with van der Waals surface area (Å²) in [6.07, 6.45) is 5.75. The molecule has 0 bridgehead atoms. The van der Waals surface area contributed by atoms with Crippen LogP contribution in [-0.4, -0.2) is 23.1 Å². The summed E-state index contributed by atoms with van der Waals surface area (Å²) < 4.78 is 0. The third kappa shape index (κ3) is 1.37. The standard InChI is InChI=1S/C8H10ClN3/c9-7-8(11-4-3-10-7)12-5-1-2-6-12/h3-4H,1-2,5-6H2.